The van der Waals surface area contributed by atoms with Gasteiger partial charge in [-0.15, -0.1) is 0 Å². The van der Waals surface area contributed by atoms with Gasteiger partial charge in [-0.2, -0.15) is 0 Å². The number of nitrogens with one attached hydrogen (secondary N) is 1. The highest BCUT2D eigenvalue weighted by Crippen LogP contribution is 2.40. The summed E-state index contributed by atoms with van der Waals surface area (Å²) in [5.41, 5.74) is 1.52. The second-order valence-electron chi connectivity index (χ2n) is 6.11. The lowest BCUT2D eigenvalue weighted by atomic mass is 10.1. The Labute approximate surface area is 123 Å². The average molecular weight is 289 g/mol. The first-order valence-electron chi connectivity index (χ1n) is 7.25. The molecule has 1 amide bonds. The largest absolute Gasteiger partial charge is 0.322 e. The van der Waals surface area contributed by atoms with E-state index < -0.39 is 0 Å². The van der Waals surface area contributed by atoms with Gasteiger partial charge in [0.05, 0.1) is 11.5 Å². The molecule has 1 aliphatic carbocycles. The van der Waals surface area contributed by atoms with Gasteiger partial charge in [-0.25, -0.2) is 0 Å². The van der Waals surface area contributed by atoms with Crippen LogP contribution in [0.1, 0.15) is 30.6 Å². The molecule has 6 nitrogen and oxygen atoms in total. The number of rotatable bonds is 4. The molecule has 2 fully saturated rings. The molecule has 21 heavy (non-hydrogen) atoms. The van der Waals surface area contributed by atoms with Crippen molar-refractivity contribution in [1.29, 1.82) is 0 Å². The van der Waals surface area contributed by atoms with Gasteiger partial charge in [-0.1, -0.05) is 19.1 Å². The van der Waals surface area contributed by atoms with E-state index in [1.807, 2.05) is 11.0 Å². The highest BCUT2D eigenvalue weighted by molar-refractivity contribution is 5.81. The van der Waals surface area contributed by atoms with Gasteiger partial charge in [-0.05, 0) is 30.7 Å². The smallest absolute Gasteiger partial charge is 0.272 e. The van der Waals surface area contributed by atoms with Crippen molar-refractivity contribution in [3.8, 4) is 0 Å². The Morgan fingerprint density at radius 2 is 2.19 bits per heavy atom. The second-order valence-corrected chi connectivity index (χ2v) is 6.11. The molecule has 2 aliphatic rings. The van der Waals surface area contributed by atoms with Crippen LogP contribution in [0.4, 0.5) is 5.69 Å². The molecule has 6 heteroatoms. The molecule has 1 saturated heterocycles. The van der Waals surface area contributed by atoms with Crippen LogP contribution in [-0.4, -0.2) is 28.8 Å². The Hall–Kier alpha value is -1.95. The maximum absolute atomic E-state index is 12.0. The van der Waals surface area contributed by atoms with E-state index in [1.165, 1.54) is 0 Å². The van der Waals surface area contributed by atoms with Crippen LogP contribution in [0, 0.1) is 28.9 Å². The first kappa shape index (κ1) is 14.0. The Morgan fingerprint density at radius 1 is 1.48 bits per heavy atom. The number of hydrogen-bond donors (Lipinski definition) is 1. The minimum absolute atomic E-state index is 0.0716. The van der Waals surface area contributed by atoms with Gasteiger partial charge in [0.25, 0.3) is 5.69 Å². The van der Waals surface area contributed by atoms with E-state index in [-0.39, 0.29) is 22.7 Å². The zero-order valence-electron chi connectivity index (χ0n) is 12.2. The number of nitrogens with zero attached hydrogens (tertiary/aromatic N) is 2. The molecule has 0 bridgehead atoms. The van der Waals surface area contributed by atoms with Gasteiger partial charge in [0.2, 0.25) is 5.91 Å². The number of amides is 1. The molecule has 0 aromatic heterocycles. The maximum atomic E-state index is 12.0. The molecule has 3 unspecified atom stereocenters. The summed E-state index contributed by atoms with van der Waals surface area (Å²) in [6, 6.07) is 5.19. The summed E-state index contributed by atoms with van der Waals surface area (Å²) in [5, 5.41) is 14.2. The molecular weight excluding hydrogens is 270 g/mol. The van der Waals surface area contributed by atoms with E-state index in [0.717, 1.165) is 18.5 Å². The normalized spacial score (nSPS) is 28.0. The van der Waals surface area contributed by atoms with Crippen LogP contribution in [0.2, 0.25) is 0 Å². The predicted molar refractivity (Wildman–Crippen MR) is 77.6 cm³/mol. The SMILES string of the molecule is Cc1ccc(C2NCC(=O)N2CC2CC2C)cc1[N+](=O)[O-]. The summed E-state index contributed by atoms with van der Waals surface area (Å²) in [5.74, 6) is 1.31. The minimum Gasteiger partial charge on any atom is -0.322 e. The lowest BCUT2D eigenvalue weighted by molar-refractivity contribution is -0.385. The first-order valence-corrected chi connectivity index (χ1v) is 7.25. The summed E-state index contributed by atoms with van der Waals surface area (Å²) < 4.78 is 0. The van der Waals surface area contributed by atoms with Crippen LogP contribution in [0.15, 0.2) is 18.2 Å². The highest BCUT2D eigenvalue weighted by Gasteiger charge is 2.40. The monoisotopic (exact) mass is 289 g/mol. The minimum atomic E-state index is -0.372. The van der Waals surface area contributed by atoms with E-state index in [1.54, 1.807) is 19.1 Å². The van der Waals surface area contributed by atoms with Crippen molar-refractivity contribution in [2.24, 2.45) is 11.8 Å². The van der Waals surface area contributed by atoms with Crippen LogP contribution in [0.25, 0.3) is 0 Å². The van der Waals surface area contributed by atoms with E-state index in [9.17, 15) is 14.9 Å². The molecule has 1 saturated carbocycles. The van der Waals surface area contributed by atoms with Gasteiger partial charge in [0.1, 0.15) is 6.17 Å². The van der Waals surface area contributed by atoms with E-state index in [0.29, 0.717) is 23.9 Å². The van der Waals surface area contributed by atoms with Crippen molar-refractivity contribution >= 4 is 11.6 Å². The lowest BCUT2D eigenvalue weighted by Crippen LogP contribution is -2.32. The van der Waals surface area contributed by atoms with Crippen LogP contribution >= 0.6 is 0 Å². The molecule has 0 radical (unpaired) electrons. The Morgan fingerprint density at radius 3 is 2.81 bits per heavy atom. The van der Waals surface area contributed by atoms with Gasteiger partial charge in [0, 0.05) is 18.2 Å². The van der Waals surface area contributed by atoms with Gasteiger partial charge in [0.15, 0.2) is 0 Å². The van der Waals surface area contributed by atoms with Crippen molar-refractivity contribution in [3.63, 3.8) is 0 Å². The van der Waals surface area contributed by atoms with Gasteiger partial charge < -0.3 is 4.90 Å². The summed E-state index contributed by atoms with van der Waals surface area (Å²) in [7, 11) is 0. The number of carbonyl (C=O) groups excluding carboxylic acids is 1. The molecule has 112 valence electrons. The van der Waals surface area contributed by atoms with Crippen LogP contribution in [-0.2, 0) is 4.79 Å². The molecule has 1 aromatic carbocycles. The van der Waals surface area contributed by atoms with Crippen LogP contribution in [0.5, 0.6) is 0 Å². The fraction of sp³-hybridized carbons (Fsp3) is 0.533. The summed E-state index contributed by atoms with van der Waals surface area (Å²) in [6.07, 6.45) is 0.912. The Balaban J connectivity index is 1.86. The molecule has 1 N–H and O–H groups in total. The molecule has 3 rings (SSSR count). The zero-order chi connectivity index (χ0) is 15.1. The molecule has 1 heterocycles. The zero-order valence-corrected chi connectivity index (χ0v) is 12.2. The highest BCUT2D eigenvalue weighted by atomic mass is 16.6. The predicted octanol–water partition coefficient (Wildman–Crippen LogP) is 1.99. The number of aryl methyl sites for hydroxylation is 1. The molecule has 1 aliphatic heterocycles. The number of benzene rings is 1. The summed E-state index contributed by atoms with van der Waals surface area (Å²) in [4.78, 5) is 24.6. The fourth-order valence-corrected chi connectivity index (χ4v) is 2.94. The number of nitro groups is 1. The maximum Gasteiger partial charge on any atom is 0.272 e. The first-order chi connectivity index (χ1) is 9.97. The third-order valence-electron chi connectivity index (χ3n) is 4.53. The van der Waals surface area contributed by atoms with Crippen molar-refractivity contribution in [2.45, 2.75) is 26.4 Å². The van der Waals surface area contributed by atoms with E-state index in [4.69, 9.17) is 0 Å². The third kappa shape index (κ3) is 2.63. The number of nitro benzene ring substituents is 1. The van der Waals surface area contributed by atoms with E-state index >= 15 is 0 Å². The second kappa shape index (κ2) is 5.11. The summed E-state index contributed by atoms with van der Waals surface area (Å²) >= 11 is 0. The van der Waals surface area contributed by atoms with Crippen LogP contribution < -0.4 is 5.32 Å². The van der Waals surface area contributed by atoms with Crippen molar-refractivity contribution in [1.82, 2.24) is 10.2 Å². The van der Waals surface area contributed by atoms with Gasteiger partial charge >= 0.3 is 0 Å². The average Bonchev–Trinajstić information content (AvgIpc) is 3.01. The van der Waals surface area contributed by atoms with Crippen molar-refractivity contribution in [3.05, 3.63) is 39.4 Å². The van der Waals surface area contributed by atoms with Gasteiger partial charge in [-0.3, -0.25) is 20.2 Å². The summed E-state index contributed by atoms with van der Waals surface area (Å²) in [6.45, 7) is 4.94. The molecular formula is C15H19N3O3. The third-order valence-corrected chi connectivity index (χ3v) is 4.53. The number of carbonyl (C=O) groups is 1. The topological polar surface area (TPSA) is 75.5 Å². The number of hydrogen-bond acceptors (Lipinski definition) is 4. The molecule has 1 aromatic rings. The van der Waals surface area contributed by atoms with Crippen LogP contribution in [0.3, 0.4) is 0 Å². The molecule has 3 atom stereocenters. The van der Waals surface area contributed by atoms with Crippen molar-refractivity contribution < 1.29 is 9.72 Å². The molecule has 0 spiro atoms. The Kier molecular flexibility index (Phi) is 3.41. The Bertz CT molecular complexity index is 602. The van der Waals surface area contributed by atoms with Crippen molar-refractivity contribution in [2.75, 3.05) is 13.1 Å². The quantitative estimate of drug-likeness (QED) is 0.679. The fourth-order valence-electron chi connectivity index (χ4n) is 2.94. The van der Waals surface area contributed by atoms with E-state index in [2.05, 4.69) is 12.2 Å². The standard InChI is InChI=1S/C15H19N3O3/c1-9-3-4-11(6-13(9)18(20)21)15-16-7-14(19)17(15)8-12-5-10(12)2/h3-4,6,10,12,15-16H,5,7-8H2,1-2H3. The lowest BCUT2D eigenvalue weighted by Gasteiger charge is -2.25.